The van der Waals surface area contributed by atoms with E-state index in [9.17, 15) is 18.0 Å². The number of aryl methyl sites for hydroxylation is 1. The van der Waals surface area contributed by atoms with E-state index in [0.29, 0.717) is 45.0 Å². The first kappa shape index (κ1) is 29.7. The molecule has 1 atom stereocenters. The molecule has 0 aliphatic rings. The highest BCUT2D eigenvalue weighted by Gasteiger charge is 2.23. The number of benzene rings is 1. The predicted molar refractivity (Wildman–Crippen MR) is 162 cm³/mol. The van der Waals surface area contributed by atoms with Crippen molar-refractivity contribution in [3.05, 3.63) is 92.7 Å². The molecule has 0 unspecified atom stereocenters. The number of pyridine rings is 2. The van der Waals surface area contributed by atoms with Gasteiger partial charge in [-0.2, -0.15) is 5.10 Å². The van der Waals surface area contributed by atoms with Crippen molar-refractivity contribution in [2.24, 2.45) is 0 Å². The summed E-state index contributed by atoms with van der Waals surface area (Å²) in [5.41, 5.74) is 3.31. The zero-order valence-corrected chi connectivity index (χ0v) is 25.4. The first-order valence-corrected chi connectivity index (χ1v) is 15.2. The molecule has 0 bridgehead atoms. The average molecular weight is 623 g/mol. The number of carbonyl (C=O) groups excluding carboxylic acids is 1. The molecule has 43 heavy (non-hydrogen) atoms. The molecule has 0 fully saturated rings. The number of amides is 1. The van der Waals surface area contributed by atoms with Gasteiger partial charge in [0.15, 0.2) is 11.1 Å². The van der Waals surface area contributed by atoms with Crippen LogP contribution in [0.1, 0.15) is 40.1 Å². The van der Waals surface area contributed by atoms with Crippen LogP contribution in [0.4, 0.5) is 5.69 Å². The number of aromatic nitrogens is 4. The van der Waals surface area contributed by atoms with E-state index in [1.807, 2.05) is 24.6 Å². The second kappa shape index (κ2) is 11.5. The fraction of sp³-hybridized carbons (Fsp3) is 0.207. The SMILES string of the molecule is COc1ccc(-n2cc(-c3oc4c([C@@H](C)Nc5ccc(Cl)nc5C(=O)NS(C)(=O)=O)cc(C)cc4c(=O)c3C)cn2)cn1. The lowest BCUT2D eigenvalue weighted by molar-refractivity contribution is 0.0977. The minimum Gasteiger partial charge on any atom is -0.481 e. The molecule has 5 rings (SSSR count). The van der Waals surface area contributed by atoms with Crippen molar-refractivity contribution in [3.63, 3.8) is 0 Å². The summed E-state index contributed by atoms with van der Waals surface area (Å²) in [4.78, 5) is 34.6. The van der Waals surface area contributed by atoms with Crippen molar-refractivity contribution in [3.8, 4) is 22.9 Å². The molecule has 0 spiro atoms. The highest BCUT2D eigenvalue weighted by atomic mass is 35.5. The molecule has 4 heterocycles. The maximum atomic E-state index is 13.6. The van der Waals surface area contributed by atoms with Crippen molar-refractivity contribution in [2.45, 2.75) is 26.8 Å². The summed E-state index contributed by atoms with van der Waals surface area (Å²) in [5.74, 6) is -0.123. The molecule has 14 heteroatoms. The normalized spacial score (nSPS) is 12.2. The van der Waals surface area contributed by atoms with Gasteiger partial charge in [-0.15, -0.1) is 0 Å². The first-order chi connectivity index (χ1) is 20.3. The van der Waals surface area contributed by atoms with Gasteiger partial charge in [-0.25, -0.2) is 27.8 Å². The number of halogens is 1. The van der Waals surface area contributed by atoms with Gasteiger partial charge in [0.1, 0.15) is 16.5 Å². The van der Waals surface area contributed by atoms with Gasteiger partial charge in [0.2, 0.25) is 15.9 Å². The summed E-state index contributed by atoms with van der Waals surface area (Å²) in [5, 5.41) is 8.01. The van der Waals surface area contributed by atoms with Gasteiger partial charge in [-0.05, 0) is 50.6 Å². The van der Waals surface area contributed by atoms with Crippen LogP contribution < -0.4 is 20.2 Å². The Hall–Kier alpha value is -4.75. The van der Waals surface area contributed by atoms with E-state index in [1.54, 1.807) is 48.4 Å². The topological polar surface area (TPSA) is 158 Å². The van der Waals surface area contributed by atoms with Crippen molar-refractivity contribution < 1.29 is 22.4 Å². The minimum atomic E-state index is -3.85. The Labute approximate surface area is 251 Å². The van der Waals surface area contributed by atoms with Gasteiger partial charge >= 0.3 is 0 Å². The molecule has 0 saturated heterocycles. The summed E-state index contributed by atoms with van der Waals surface area (Å²) in [6.07, 6.45) is 5.82. The maximum Gasteiger partial charge on any atom is 0.285 e. The van der Waals surface area contributed by atoms with Gasteiger partial charge in [-0.1, -0.05) is 17.7 Å². The van der Waals surface area contributed by atoms with Crippen LogP contribution >= 0.6 is 11.6 Å². The molecule has 4 aromatic heterocycles. The van der Waals surface area contributed by atoms with Crippen LogP contribution in [-0.4, -0.2) is 47.4 Å². The number of fused-ring (bicyclic) bond motifs is 1. The van der Waals surface area contributed by atoms with E-state index in [4.69, 9.17) is 20.8 Å². The number of nitrogens with zero attached hydrogens (tertiary/aromatic N) is 4. The lowest BCUT2D eigenvalue weighted by Crippen LogP contribution is -2.31. The molecule has 1 amide bonds. The molecule has 5 aromatic rings. The van der Waals surface area contributed by atoms with Crippen molar-refractivity contribution >= 4 is 44.2 Å². The number of ether oxygens (including phenoxy) is 1. The molecule has 222 valence electrons. The Kier molecular flexibility index (Phi) is 7.95. The van der Waals surface area contributed by atoms with Crippen molar-refractivity contribution in [1.82, 2.24) is 24.5 Å². The van der Waals surface area contributed by atoms with Crippen LogP contribution in [0.25, 0.3) is 28.0 Å². The monoisotopic (exact) mass is 622 g/mol. The molecule has 0 aliphatic heterocycles. The largest absolute Gasteiger partial charge is 0.481 e. The van der Waals surface area contributed by atoms with Crippen LogP contribution in [0.3, 0.4) is 0 Å². The third kappa shape index (κ3) is 6.22. The Morgan fingerprint density at radius 3 is 2.58 bits per heavy atom. The second-order valence-electron chi connectivity index (χ2n) is 9.95. The van der Waals surface area contributed by atoms with Crippen LogP contribution in [0.15, 0.2) is 64.2 Å². The summed E-state index contributed by atoms with van der Waals surface area (Å²) >= 11 is 6.01. The molecular formula is C29H27ClN6O6S. The molecule has 0 radical (unpaired) electrons. The van der Waals surface area contributed by atoms with Gasteiger partial charge in [0, 0.05) is 23.4 Å². The number of nitrogens with one attached hydrogen (secondary N) is 2. The summed E-state index contributed by atoms with van der Waals surface area (Å²) < 4.78 is 38.4. The van der Waals surface area contributed by atoms with Crippen molar-refractivity contribution in [1.29, 1.82) is 0 Å². The zero-order valence-electron chi connectivity index (χ0n) is 23.8. The van der Waals surface area contributed by atoms with Gasteiger partial charge in [0.25, 0.3) is 5.91 Å². The Bertz CT molecular complexity index is 2040. The number of hydrogen-bond donors (Lipinski definition) is 2. The number of hydrogen-bond acceptors (Lipinski definition) is 10. The summed E-state index contributed by atoms with van der Waals surface area (Å²) in [6, 6.07) is 9.62. The second-order valence-corrected chi connectivity index (χ2v) is 12.1. The first-order valence-electron chi connectivity index (χ1n) is 12.9. The predicted octanol–water partition coefficient (Wildman–Crippen LogP) is 4.58. The zero-order chi connectivity index (χ0) is 31.1. The van der Waals surface area contributed by atoms with Crippen LogP contribution in [-0.2, 0) is 10.0 Å². The fourth-order valence-electron chi connectivity index (χ4n) is 4.63. The van der Waals surface area contributed by atoms with Crippen LogP contribution in [0.2, 0.25) is 5.15 Å². The van der Waals surface area contributed by atoms with Gasteiger partial charge in [0.05, 0.1) is 54.1 Å². The Morgan fingerprint density at radius 2 is 1.91 bits per heavy atom. The quantitative estimate of drug-likeness (QED) is 0.235. The summed E-state index contributed by atoms with van der Waals surface area (Å²) in [7, 11) is -2.32. The molecular weight excluding hydrogens is 596 g/mol. The average Bonchev–Trinajstić information content (AvgIpc) is 3.45. The van der Waals surface area contributed by atoms with E-state index in [2.05, 4.69) is 20.4 Å². The van der Waals surface area contributed by atoms with Gasteiger partial charge in [-0.3, -0.25) is 9.59 Å². The Balaban J connectivity index is 1.57. The van der Waals surface area contributed by atoms with Crippen molar-refractivity contribution in [2.75, 3.05) is 18.7 Å². The van der Waals surface area contributed by atoms with E-state index < -0.39 is 22.0 Å². The highest BCUT2D eigenvalue weighted by Crippen LogP contribution is 2.33. The summed E-state index contributed by atoms with van der Waals surface area (Å²) in [6.45, 7) is 5.37. The lowest BCUT2D eigenvalue weighted by atomic mass is 9.99. The van der Waals surface area contributed by atoms with E-state index in [-0.39, 0.29) is 22.0 Å². The number of rotatable bonds is 8. The number of methoxy groups -OCH3 is 1. The highest BCUT2D eigenvalue weighted by molar-refractivity contribution is 7.89. The molecule has 0 aliphatic carbocycles. The van der Waals surface area contributed by atoms with Crippen LogP contribution in [0, 0.1) is 13.8 Å². The fourth-order valence-corrected chi connectivity index (χ4v) is 5.21. The third-order valence-electron chi connectivity index (χ3n) is 6.62. The molecule has 1 aromatic carbocycles. The number of anilines is 1. The molecule has 0 saturated carbocycles. The van der Waals surface area contributed by atoms with E-state index in [1.165, 1.54) is 19.2 Å². The standard InChI is InChI=1S/C29H27ClN6O6S/c1-15-10-20(17(3)33-22-7-8-23(30)34-25(22)29(38)35-43(5,39)40)28-21(11-15)26(37)16(2)27(42-28)18-12-32-36(14-18)19-6-9-24(41-4)31-13-19/h6-14,17,33H,1-5H3,(H,35,38)/t17-/m1/s1. The Morgan fingerprint density at radius 1 is 1.14 bits per heavy atom. The van der Waals surface area contributed by atoms with Gasteiger partial charge < -0.3 is 14.5 Å². The van der Waals surface area contributed by atoms with Crippen LogP contribution in [0.5, 0.6) is 5.88 Å². The lowest BCUT2D eigenvalue weighted by Gasteiger charge is -2.20. The minimum absolute atomic E-state index is 0.00920. The molecule has 2 N–H and O–H groups in total. The van der Waals surface area contributed by atoms with E-state index in [0.717, 1.165) is 11.8 Å². The van der Waals surface area contributed by atoms with E-state index >= 15 is 0 Å². The smallest absolute Gasteiger partial charge is 0.285 e. The number of sulfonamides is 1. The maximum absolute atomic E-state index is 13.6. The molecule has 12 nitrogen and oxygen atoms in total. The number of carbonyl (C=O) groups is 1. The third-order valence-corrected chi connectivity index (χ3v) is 7.39.